The summed E-state index contributed by atoms with van der Waals surface area (Å²) in [4.78, 5) is 37.8. The molecule has 3 amide bonds. The zero-order valence-electron chi connectivity index (χ0n) is 15.5. The number of carbonyl (C=O) groups is 3. The fourth-order valence-electron chi connectivity index (χ4n) is 3.31. The van der Waals surface area contributed by atoms with E-state index >= 15 is 0 Å². The van der Waals surface area contributed by atoms with Crippen LogP contribution in [0.2, 0.25) is 0 Å². The Balaban J connectivity index is 1.42. The number of piperidine rings is 1. The molecule has 152 valence electrons. The Morgan fingerprint density at radius 3 is 2.43 bits per heavy atom. The number of nitrogens with one attached hydrogen (secondary N) is 2. The van der Waals surface area contributed by atoms with Gasteiger partial charge in [0, 0.05) is 30.9 Å². The first kappa shape index (κ1) is 20.0. The van der Waals surface area contributed by atoms with Crippen LogP contribution in [0.5, 0.6) is 0 Å². The van der Waals surface area contributed by atoms with E-state index in [1.54, 1.807) is 11.8 Å². The van der Waals surface area contributed by atoms with Gasteiger partial charge in [-0.1, -0.05) is 0 Å². The van der Waals surface area contributed by atoms with Crippen molar-refractivity contribution in [2.24, 2.45) is 11.8 Å². The van der Waals surface area contributed by atoms with Crippen LogP contribution in [0.15, 0.2) is 18.2 Å². The van der Waals surface area contributed by atoms with E-state index < -0.39 is 23.5 Å². The maximum atomic E-state index is 13.2. The largest absolute Gasteiger partial charge is 0.450 e. The number of nitrogens with zero attached hydrogens (tertiary/aromatic N) is 1. The molecule has 9 heteroatoms. The van der Waals surface area contributed by atoms with E-state index in [1.165, 1.54) is 6.07 Å². The lowest BCUT2D eigenvalue weighted by Crippen LogP contribution is -2.47. The van der Waals surface area contributed by atoms with E-state index in [0.29, 0.717) is 39.0 Å². The molecule has 1 aliphatic heterocycles. The molecule has 2 N–H and O–H groups in total. The molecule has 0 radical (unpaired) electrons. The molecule has 1 saturated carbocycles. The molecule has 2 fully saturated rings. The average molecular weight is 395 g/mol. The Morgan fingerprint density at radius 1 is 1.11 bits per heavy atom. The highest BCUT2D eigenvalue weighted by Gasteiger charge is 2.48. The summed E-state index contributed by atoms with van der Waals surface area (Å²) in [6.45, 7) is 3.09. The van der Waals surface area contributed by atoms with Crippen LogP contribution in [0, 0.1) is 23.5 Å². The molecule has 0 spiro atoms. The van der Waals surface area contributed by atoms with Gasteiger partial charge in [0.2, 0.25) is 11.8 Å². The van der Waals surface area contributed by atoms with Gasteiger partial charge in [0.25, 0.3) is 0 Å². The Kier molecular flexibility index (Phi) is 6.11. The molecule has 28 heavy (non-hydrogen) atoms. The molecule has 1 heterocycles. The molecular weight excluding hydrogens is 372 g/mol. The zero-order valence-corrected chi connectivity index (χ0v) is 15.5. The lowest BCUT2D eigenvalue weighted by atomic mass is 10.1. The first-order valence-corrected chi connectivity index (χ1v) is 9.37. The second-order valence-corrected chi connectivity index (χ2v) is 7.04. The maximum Gasteiger partial charge on any atom is 0.409 e. The number of hydrogen-bond donors (Lipinski definition) is 2. The first-order chi connectivity index (χ1) is 13.4. The van der Waals surface area contributed by atoms with Crippen molar-refractivity contribution in [1.82, 2.24) is 10.2 Å². The third kappa shape index (κ3) is 4.76. The summed E-state index contributed by atoms with van der Waals surface area (Å²) in [5, 5.41) is 5.44. The minimum Gasteiger partial charge on any atom is -0.450 e. The van der Waals surface area contributed by atoms with E-state index in [1.807, 2.05) is 0 Å². The third-order valence-electron chi connectivity index (χ3n) is 5.02. The number of halogens is 2. The summed E-state index contributed by atoms with van der Waals surface area (Å²) in [5.74, 6) is -3.52. The fourth-order valence-corrected chi connectivity index (χ4v) is 3.31. The second-order valence-electron chi connectivity index (χ2n) is 7.04. The Morgan fingerprint density at radius 2 is 1.79 bits per heavy atom. The molecular formula is C19H23F2N3O4. The summed E-state index contributed by atoms with van der Waals surface area (Å²) in [6.07, 6.45) is 1.33. The van der Waals surface area contributed by atoms with Crippen LogP contribution in [0.25, 0.3) is 0 Å². The van der Waals surface area contributed by atoms with E-state index in [9.17, 15) is 23.2 Å². The normalized spacial score (nSPS) is 21.8. The highest BCUT2D eigenvalue weighted by Crippen LogP contribution is 2.39. The molecule has 1 aromatic rings. The SMILES string of the molecule is CCOC(=O)N1CCC(NC(=O)C2CC2C(=O)Nc2ccc(F)c(F)c2)CC1. The van der Waals surface area contributed by atoms with Gasteiger partial charge in [0.15, 0.2) is 11.6 Å². The van der Waals surface area contributed by atoms with Gasteiger partial charge in [-0.2, -0.15) is 0 Å². The summed E-state index contributed by atoms with van der Waals surface area (Å²) >= 11 is 0. The molecule has 0 aromatic heterocycles. The number of benzene rings is 1. The van der Waals surface area contributed by atoms with Crippen LogP contribution >= 0.6 is 0 Å². The molecule has 2 atom stereocenters. The standard InChI is InChI=1S/C19H23F2N3O4/c1-2-28-19(27)24-7-5-11(6-8-24)22-17(25)13-10-14(13)18(26)23-12-3-4-15(20)16(21)9-12/h3-4,9,11,13-14H,2,5-8,10H2,1H3,(H,22,25)(H,23,26). The van der Waals surface area contributed by atoms with E-state index in [4.69, 9.17) is 4.74 Å². The lowest BCUT2D eigenvalue weighted by molar-refractivity contribution is -0.126. The van der Waals surface area contributed by atoms with Gasteiger partial charge in [-0.3, -0.25) is 9.59 Å². The van der Waals surface area contributed by atoms with Crippen molar-refractivity contribution in [2.45, 2.75) is 32.2 Å². The molecule has 1 saturated heterocycles. The maximum absolute atomic E-state index is 13.2. The van der Waals surface area contributed by atoms with Crippen LogP contribution in [-0.2, 0) is 14.3 Å². The van der Waals surface area contributed by atoms with Gasteiger partial charge >= 0.3 is 6.09 Å². The number of likely N-dealkylation sites (tertiary alicyclic amines) is 1. The minimum absolute atomic E-state index is 0.0475. The second kappa shape index (κ2) is 8.53. The van der Waals surface area contributed by atoms with Crippen molar-refractivity contribution in [2.75, 3.05) is 25.0 Å². The summed E-state index contributed by atoms with van der Waals surface area (Å²) in [5.41, 5.74) is 0.154. The Labute approximate surface area is 161 Å². The van der Waals surface area contributed by atoms with Crippen LogP contribution in [0.3, 0.4) is 0 Å². The summed E-state index contributed by atoms with van der Waals surface area (Å²) < 4.78 is 31.1. The number of carbonyl (C=O) groups excluding carboxylic acids is 3. The van der Waals surface area contributed by atoms with Crippen molar-refractivity contribution < 1.29 is 27.9 Å². The van der Waals surface area contributed by atoms with Gasteiger partial charge in [0.05, 0.1) is 18.4 Å². The summed E-state index contributed by atoms with van der Waals surface area (Å²) in [6, 6.07) is 3.06. The number of hydrogen-bond acceptors (Lipinski definition) is 4. The van der Waals surface area contributed by atoms with Crippen LogP contribution < -0.4 is 10.6 Å². The summed E-state index contributed by atoms with van der Waals surface area (Å²) in [7, 11) is 0. The lowest BCUT2D eigenvalue weighted by Gasteiger charge is -2.31. The fraction of sp³-hybridized carbons (Fsp3) is 0.526. The van der Waals surface area contributed by atoms with E-state index in [-0.39, 0.29) is 29.6 Å². The Hall–Kier alpha value is -2.71. The van der Waals surface area contributed by atoms with Crippen molar-refractivity contribution in [3.8, 4) is 0 Å². The number of ether oxygens (including phenoxy) is 1. The van der Waals surface area contributed by atoms with Crippen LogP contribution in [-0.4, -0.2) is 48.5 Å². The molecule has 1 aromatic carbocycles. The topological polar surface area (TPSA) is 87.7 Å². The molecule has 2 unspecified atom stereocenters. The van der Waals surface area contributed by atoms with Crippen LogP contribution in [0.4, 0.5) is 19.3 Å². The van der Waals surface area contributed by atoms with Gasteiger partial charge in [-0.05, 0) is 38.3 Å². The monoisotopic (exact) mass is 395 g/mol. The number of amides is 3. The minimum atomic E-state index is -1.04. The molecule has 0 bridgehead atoms. The predicted molar refractivity (Wildman–Crippen MR) is 96.3 cm³/mol. The van der Waals surface area contributed by atoms with Crippen LogP contribution in [0.1, 0.15) is 26.2 Å². The molecule has 1 aliphatic carbocycles. The van der Waals surface area contributed by atoms with Crippen molar-refractivity contribution in [1.29, 1.82) is 0 Å². The van der Waals surface area contributed by atoms with E-state index in [2.05, 4.69) is 10.6 Å². The quantitative estimate of drug-likeness (QED) is 0.801. The van der Waals surface area contributed by atoms with Crippen molar-refractivity contribution >= 4 is 23.6 Å². The number of rotatable bonds is 5. The average Bonchev–Trinajstić information content (AvgIpc) is 3.47. The van der Waals surface area contributed by atoms with Gasteiger partial charge in [-0.25, -0.2) is 13.6 Å². The molecule has 7 nitrogen and oxygen atoms in total. The van der Waals surface area contributed by atoms with Gasteiger partial charge in [-0.15, -0.1) is 0 Å². The van der Waals surface area contributed by atoms with E-state index in [0.717, 1.165) is 12.1 Å². The zero-order chi connectivity index (χ0) is 20.3. The van der Waals surface area contributed by atoms with Gasteiger partial charge < -0.3 is 20.3 Å². The van der Waals surface area contributed by atoms with Crippen molar-refractivity contribution in [3.05, 3.63) is 29.8 Å². The Bertz CT molecular complexity index is 766. The predicted octanol–water partition coefficient (Wildman–Crippen LogP) is 2.28. The number of anilines is 1. The van der Waals surface area contributed by atoms with Crippen molar-refractivity contribution in [3.63, 3.8) is 0 Å². The molecule has 3 rings (SSSR count). The highest BCUT2D eigenvalue weighted by atomic mass is 19.2. The van der Waals surface area contributed by atoms with Gasteiger partial charge in [0.1, 0.15) is 0 Å². The highest BCUT2D eigenvalue weighted by molar-refractivity contribution is 5.99. The smallest absolute Gasteiger partial charge is 0.409 e. The molecule has 2 aliphatic rings. The first-order valence-electron chi connectivity index (χ1n) is 9.37. The third-order valence-corrected chi connectivity index (χ3v) is 5.02.